The van der Waals surface area contributed by atoms with Crippen LogP contribution in [-0.2, 0) is 26.4 Å². The number of hydrogen-bond acceptors (Lipinski definition) is 4. The lowest BCUT2D eigenvalue weighted by molar-refractivity contribution is -0.137. The smallest absolute Gasteiger partial charge is 0.274 e. The summed E-state index contributed by atoms with van der Waals surface area (Å²) < 4.78 is 65.9. The van der Waals surface area contributed by atoms with Gasteiger partial charge in [-0.05, 0) is 42.7 Å². The van der Waals surface area contributed by atoms with Crippen molar-refractivity contribution in [2.45, 2.75) is 35.7 Å². The zero-order valence-corrected chi connectivity index (χ0v) is 16.4. The predicted octanol–water partition coefficient (Wildman–Crippen LogP) is 4.18. The van der Waals surface area contributed by atoms with Crippen LogP contribution >= 0.6 is 0 Å². The van der Waals surface area contributed by atoms with Gasteiger partial charge in [0.05, 0.1) is 10.5 Å². The van der Waals surface area contributed by atoms with E-state index in [1.807, 2.05) is 0 Å². The quantitative estimate of drug-likeness (QED) is 0.654. The number of pyridine rings is 1. The van der Waals surface area contributed by atoms with Crippen molar-refractivity contribution in [1.29, 1.82) is 0 Å². The molecule has 1 N–H and O–H groups in total. The number of carbonyl (C=O) groups is 1. The molecule has 1 heterocycles. The van der Waals surface area contributed by atoms with E-state index in [2.05, 4.69) is 9.71 Å². The Morgan fingerprint density at radius 2 is 1.77 bits per heavy atom. The van der Waals surface area contributed by atoms with Gasteiger partial charge in [-0.1, -0.05) is 24.3 Å². The standard InChI is InChI=1S/C21H17F3N2O3S/c22-21(23,24)16-6-4-15(5-7-16)20(9-10-20)12-19(27)26-30(28,29)18-3-1-2-14-13-25-11-8-17(14)18/h1-8,11,13H,9-10,12H2,(H,26,27). The van der Waals surface area contributed by atoms with Crippen molar-refractivity contribution in [3.05, 3.63) is 72.1 Å². The maximum absolute atomic E-state index is 12.8. The van der Waals surface area contributed by atoms with Gasteiger partial charge in [0, 0.05) is 35.0 Å². The minimum atomic E-state index is -4.44. The number of nitrogens with one attached hydrogen (secondary N) is 1. The Morgan fingerprint density at radius 3 is 2.40 bits per heavy atom. The molecule has 3 aromatic rings. The zero-order chi connectivity index (χ0) is 21.6. The molecule has 0 radical (unpaired) electrons. The third kappa shape index (κ3) is 3.89. The molecule has 0 aliphatic heterocycles. The van der Waals surface area contributed by atoms with E-state index < -0.39 is 33.1 Å². The first-order valence-corrected chi connectivity index (χ1v) is 10.7. The number of nitrogens with zero attached hydrogens (tertiary/aromatic N) is 1. The Bertz CT molecular complexity index is 1210. The van der Waals surface area contributed by atoms with Crippen molar-refractivity contribution < 1.29 is 26.4 Å². The van der Waals surface area contributed by atoms with Crippen LogP contribution < -0.4 is 4.72 Å². The zero-order valence-electron chi connectivity index (χ0n) is 15.6. The van der Waals surface area contributed by atoms with Gasteiger partial charge in [-0.25, -0.2) is 13.1 Å². The molecule has 1 aliphatic carbocycles. The summed E-state index contributed by atoms with van der Waals surface area (Å²) in [5.74, 6) is -0.696. The van der Waals surface area contributed by atoms with Crippen LogP contribution in [0.3, 0.4) is 0 Å². The number of sulfonamides is 1. The molecule has 0 atom stereocenters. The highest BCUT2D eigenvalue weighted by Gasteiger charge is 2.46. The van der Waals surface area contributed by atoms with Crippen LogP contribution in [0.15, 0.2) is 65.8 Å². The highest BCUT2D eigenvalue weighted by molar-refractivity contribution is 7.90. The van der Waals surface area contributed by atoms with E-state index in [-0.39, 0.29) is 11.3 Å². The van der Waals surface area contributed by atoms with E-state index in [1.54, 1.807) is 18.2 Å². The molecular weight excluding hydrogens is 417 g/mol. The van der Waals surface area contributed by atoms with Gasteiger partial charge in [-0.2, -0.15) is 13.2 Å². The molecule has 1 aliphatic rings. The van der Waals surface area contributed by atoms with Crippen molar-refractivity contribution in [3.63, 3.8) is 0 Å². The van der Waals surface area contributed by atoms with Crippen LogP contribution in [0.5, 0.6) is 0 Å². The second kappa shape index (κ2) is 7.09. The normalized spacial score (nSPS) is 15.7. The fourth-order valence-corrected chi connectivity index (χ4v) is 4.82. The van der Waals surface area contributed by atoms with Gasteiger partial charge < -0.3 is 0 Å². The maximum atomic E-state index is 12.8. The third-order valence-electron chi connectivity index (χ3n) is 5.36. The summed E-state index contributed by atoms with van der Waals surface area (Å²) in [6.07, 6.45) is -0.358. The number of hydrogen-bond donors (Lipinski definition) is 1. The van der Waals surface area contributed by atoms with Crippen LogP contribution in [-0.4, -0.2) is 19.3 Å². The summed E-state index contributed by atoms with van der Waals surface area (Å²) in [6.45, 7) is 0. The SMILES string of the molecule is O=C(CC1(c2ccc(C(F)(F)F)cc2)CC1)NS(=O)(=O)c1cccc2cnccc12. The molecule has 1 saturated carbocycles. The fraction of sp³-hybridized carbons (Fsp3) is 0.238. The molecule has 1 amide bonds. The summed E-state index contributed by atoms with van der Waals surface area (Å²) in [6, 6.07) is 10.9. The summed E-state index contributed by atoms with van der Waals surface area (Å²) in [4.78, 5) is 16.5. The average Bonchev–Trinajstić information content (AvgIpc) is 3.47. The second-order valence-electron chi connectivity index (χ2n) is 7.41. The van der Waals surface area contributed by atoms with Gasteiger partial charge in [0.15, 0.2) is 0 Å². The number of alkyl halides is 3. The monoisotopic (exact) mass is 434 g/mol. The van der Waals surface area contributed by atoms with Crippen molar-refractivity contribution in [2.24, 2.45) is 0 Å². The first kappa shape index (κ1) is 20.3. The number of aromatic nitrogens is 1. The Labute approximate surface area is 171 Å². The van der Waals surface area contributed by atoms with E-state index >= 15 is 0 Å². The lowest BCUT2D eigenvalue weighted by atomic mass is 9.91. The highest BCUT2D eigenvalue weighted by Crippen LogP contribution is 2.51. The maximum Gasteiger partial charge on any atom is 0.416 e. The minimum absolute atomic E-state index is 0.0323. The molecule has 0 saturated heterocycles. The second-order valence-corrected chi connectivity index (χ2v) is 9.06. The number of amides is 1. The van der Waals surface area contributed by atoms with Crippen molar-refractivity contribution >= 4 is 26.7 Å². The number of fused-ring (bicyclic) bond motifs is 1. The van der Waals surface area contributed by atoms with Crippen LogP contribution in [0.4, 0.5) is 13.2 Å². The molecule has 9 heteroatoms. The number of halogens is 3. The van der Waals surface area contributed by atoms with Crippen LogP contribution in [0.25, 0.3) is 10.8 Å². The van der Waals surface area contributed by atoms with Gasteiger partial charge in [-0.15, -0.1) is 0 Å². The average molecular weight is 434 g/mol. The van der Waals surface area contributed by atoms with E-state index in [9.17, 15) is 26.4 Å². The van der Waals surface area contributed by atoms with Crippen molar-refractivity contribution in [3.8, 4) is 0 Å². The molecule has 156 valence electrons. The molecule has 4 rings (SSSR count). The number of rotatable bonds is 5. The summed E-state index contributed by atoms with van der Waals surface area (Å²) in [7, 11) is -4.12. The Morgan fingerprint density at radius 1 is 1.07 bits per heavy atom. The van der Waals surface area contributed by atoms with E-state index in [4.69, 9.17) is 0 Å². The van der Waals surface area contributed by atoms with Crippen LogP contribution in [0, 0.1) is 0 Å². The molecule has 2 aromatic carbocycles. The van der Waals surface area contributed by atoms with Gasteiger partial charge in [0.1, 0.15) is 0 Å². The molecule has 0 spiro atoms. The molecule has 5 nitrogen and oxygen atoms in total. The molecule has 30 heavy (non-hydrogen) atoms. The molecule has 1 aromatic heterocycles. The minimum Gasteiger partial charge on any atom is -0.274 e. The Hall–Kier alpha value is -2.94. The van der Waals surface area contributed by atoms with Crippen molar-refractivity contribution in [2.75, 3.05) is 0 Å². The lowest BCUT2D eigenvalue weighted by Crippen LogP contribution is -2.33. The number of benzene rings is 2. The Balaban J connectivity index is 1.53. The van der Waals surface area contributed by atoms with E-state index in [1.165, 1.54) is 30.6 Å². The fourth-order valence-electron chi connectivity index (χ4n) is 3.61. The van der Waals surface area contributed by atoms with Crippen LogP contribution in [0.1, 0.15) is 30.4 Å². The summed E-state index contributed by atoms with van der Waals surface area (Å²) >= 11 is 0. The Kier molecular flexibility index (Phi) is 4.80. The van der Waals surface area contributed by atoms with E-state index in [0.29, 0.717) is 29.2 Å². The van der Waals surface area contributed by atoms with Gasteiger partial charge in [0.2, 0.25) is 5.91 Å². The molecule has 1 fully saturated rings. The topological polar surface area (TPSA) is 76.1 Å². The first-order chi connectivity index (χ1) is 14.1. The predicted molar refractivity (Wildman–Crippen MR) is 104 cm³/mol. The molecule has 0 unspecified atom stereocenters. The third-order valence-corrected chi connectivity index (χ3v) is 6.79. The van der Waals surface area contributed by atoms with Crippen molar-refractivity contribution in [1.82, 2.24) is 9.71 Å². The number of carbonyl (C=O) groups excluding carboxylic acids is 1. The van der Waals surface area contributed by atoms with E-state index in [0.717, 1.165) is 12.1 Å². The van der Waals surface area contributed by atoms with Crippen LogP contribution in [0.2, 0.25) is 0 Å². The largest absolute Gasteiger partial charge is 0.416 e. The molecule has 0 bridgehead atoms. The first-order valence-electron chi connectivity index (χ1n) is 9.17. The van der Waals surface area contributed by atoms with Gasteiger partial charge in [-0.3, -0.25) is 9.78 Å². The summed E-state index contributed by atoms with van der Waals surface area (Å²) in [5.41, 5.74) is -0.800. The highest BCUT2D eigenvalue weighted by atomic mass is 32.2. The lowest BCUT2D eigenvalue weighted by Gasteiger charge is -2.17. The van der Waals surface area contributed by atoms with Gasteiger partial charge >= 0.3 is 6.18 Å². The van der Waals surface area contributed by atoms with Gasteiger partial charge in [0.25, 0.3) is 10.0 Å². The summed E-state index contributed by atoms with van der Waals surface area (Å²) in [5, 5.41) is 1.06. The molecular formula is C21H17F3N2O3S.